The summed E-state index contributed by atoms with van der Waals surface area (Å²) in [5, 5.41) is 0. The van der Waals surface area contributed by atoms with Crippen molar-refractivity contribution >= 4 is 11.9 Å². The van der Waals surface area contributed by atoms with Crippen molar-refractivity contribution in [2.75, 3.05) is 13.2 Å². The summed E-state index contributed by atoms with van der Waals surface area (Å²) in [7, 11) is 0. The van der Waals surface area contributed by atoms with E-state index in [4.69, 9.17) is 10.8 Å². The van der Waals surface area contributed by atoms with Gasteiger partial charge in [0.05, 0.1) is 14.6 Å². The van der Waals surface area contributed by atoms with Crippen molar-refractivity contribution in [3.8, 4) is 0 Å². The molecule has 0 bridgehead atoms. The minimum absolute atomic E-state index is 0.157. The fourth-order valence-corrected chi connectivity index (χ4v) is 1.45. The molecule has 0 aromatic heterocycles. The normalized spacial score (nSPS) is 11.8. The van der Waals surface area contributed by atoms with E-state index < -0.39 is 17.8 Å². The molecule has 0 aromatic carbocycles. The number of hydrogen-bond donors (Lipinski definition) is 0. The number of carbonyl (C=O) groups is 2. The van der Waals surface area contributed by atoms with Crippen LogP contribution in [0.15, 0.2) is 0 Å². The molecule has 0 N–H and O–H groups in total. The lowest BCUT2D eigenvalue weighted by Gasteiger charge is -2.13. The van der Waals surface area contributed by atoms with E-state index >= 15 is 0 Å². The number of hydrogen-bond acceptors (Lipinski definition) is 4. The molecule has 0 aromatic rings. The maximum atomic E-state index is 11.7. The lowest BCUT2D eigenvalue weighted by molar-refractivity contribution is -0.161. The van der Waals surface area contributed by atoms with E-state index in [-0.39, 0.29) is 19.6 Å². The Morgan fingerprint density at radius 2 is 1.53 bits per heavy atom. The van der Waals surface area contributed by atoms with Gasteiger partial charge in [-0.25, -0.2) is 0 Å². The molecule has 0 saturated heterocycles. The van der Waals surface area contributed by atoms with Crippen molar-refractivity contribution in [2.45, 2.75) is 52.9 Å². The van der Waals surface area contributed by atoms with Gasteiger partial charge in [0.25, 0.3) is 0 Å². The first-order valence-corrected chi connectivity index (χ1v) is 6.37. The van der Waals surface area contributed by atoms with E-state index in [1.165, 1.54) is 0 Å². The Hall–Kier alpha value is -1.06. The molecule has 0 aliphatic carbocycles. The summed E-state index contributed by atoms with van der Waals surface area (Å²) in [5.74, 6) is -3.51. The predicted octanol–water partition coefficient (Wildman–Crippen LogP) is 2.70. The van der Waals surface area contributed by atoms with Crippen LogP contribution in [-0.2, 0) is 19.1 Å². The van der Waals surface area contributed by atoms with E-state index in [0.717, 1.165) is 19.3 Å². The summed E-state index contributed by atoms with van der Waals surface area (Å²) in [4.78, 5) is 23.5. The van der Waals surface area contributed by atoms with E-state index in [1.54, 1.807) is 13.8 Å². The fourth-order valence-electron chi connectivity index (χ4n) is 1.45. The molecule has 100 valence electrons. The average molecular weight is 245 g/mol. The lowest BCUT2D eigenvalue weighted by Crippen LogP contribution is -2.28. The smallest absolute Gasteiger partial charge is 0.320 e. The van der Waals surface area contributed by atoms with Crippen LogP contribution in [-0.4, -0.2) is 25.2 Å². The summed E-state index contributed by atoms with van der Waals surface area (Å²) in [6.45, 7) is 5.70. The van der Waals surface area contributed by atoms with Gasteiger partial charge in [0.15, 0.2) is 5.89 Å². The van der Waals surface area contributed by atoms with Crippen LogP contribution >= 0.6 is 0 Å². The zero-order valence-corrected chi connectivity index (χ0v) is 11.1. The van der Waals surface area contributed by atoms with Crippen molar-refractivity contribution in [3.05, 3.63) is 0 Å². The molecule has 0 atom stereocenters. The molecule has 4 heteroatoms. The van der Waals surface area contributed by atoms with Gasteiger partial charge in [0, 0.05) is 0 Å². The van der Waals surface area contributed by atoms with Gasteiger partial charge in [-0.3, -0.25) is 9.59 Å². The van der Waals surface area contributed by atoms with Crippen LogP contribution in [0.2, 0.25) is 0 Å². The van der Waals surface area contributed by atoms with Gasteiger partial charge in [-0.1, -0.05) is 32.6 Å². The quantitative estimate of drug-likeness (QED) is 0.356. The van der Waals surface area contributed by atoms with Crippen LogP contribution in [0.4, 0.5) is 0 Å². The molecule has 4 nitrogen and oxygen atoms in total. The first-order chi connectivity index (χ1) is 8.52. The van der Waals surface area contributed by atoms with E-state index in [1.807, 2.05) is 0 Å². The molecule has 0 rings (SSSR count). The van der Waals surface area contributed by atoms with Gasteiger partial charge in [-0.15, -0.1) is 0 Å². The highest BCUT2D eigenvalue weighted by Crippen LogP contribution is 2.14. The molecule has 0 radical (unpaired) electrons. The number of ether oxygens (including phenoxy) is 2. The summed E-state index contributed by atoms with van der Waals surface area (Å²) in [6, 6.07) is 0. The Kier molecular flexibility index (Phi) is 8.33. The summed E-state index contributed by atoms with van der Waals surface area (Å²) in [6.07, 6.45) is 3.79. The number of esters is 2. The Morgan fingerprint density at radius 1 is 1.00 bits per heavy atom. The molecule has 0 fully saturated rings. The van der Waals surface area contributed by atoms with Crippen LogP contribution in [0.5, 0.6) is 0 Å². The zero-order chi connectivity index (χ0) is 14.0. The molecule has 0 saturated carbocycles. The van der Waals surface area contributed by atoms with Crippen LogP contribution < -0.4 is 0 Å². The van der Waals surface area contributed by atoms with Crippen LogP contribution in [0.1, 0.15) is 54.2 Å². The van der Waals surface area contributed by atoms with E-state index in [9.17, 15) is 9.59 Å². The third-order valence-electron chi connectivity index (χ3n) is 2.32. The van der Waals surface area contributed by atoms with Gasteiger partial charge in [-0.2, -0.15) is 0 Å². The van der Waals surface area contributed by atoms with Gasteiger partial charge in [0.1, 0.15) is 0 Å². The van der Waals surface area contributed by atoms with Crippen LogP contribution in [0.3, 0.4) is 0 Å². The first-order valence-electron chi connectivity index (χ1n) is 6.87. The lowest BCUT2D eigenvalue weighted by atomic mass is 10.0. The van der Waals surface area contributed by atoms with Crippen molar-refractivity contribution < 1.29 is 20.4 Å². The van der Waals surface area contributed by atoms with Crippen molar-refractivity contribution in [1.29, 1.82) is 0 Å². The van der Waals surface area contributed by atoms with E-state index in [0.29, 0.717) is 6.42 Å². The molecular weight excluding hydrogens is 220 g/mol. The van der Waals surface area contributed by atoms with Gasteiger partial charge in [0.2, 0.25) is 0 Å². The Morgan fingerprint density at radius 3 is 1.94 bits per heavy atom. The fraction of sp³-hybridized carbons (Fsp3) is 0.846. The summed E-state index contributed by atoms with van der Waals surface area (Å²) in [5.41, 5.74) is 0. The third-order valence-corrected chi connectivity index (χ3v) is 2.32. The van der Waals surface area contributed by atoms with Gasteiger partial charge >= 0.3 is 11.9 Å². The second kappa shape index (κ2) is 10.1. The van der Waals surface area contributed by atoms with Crippen molar-refractivity contribution in [1.82, 2.24) is 0 Å². The molecular formula is C13H24O4. The largest absolute Gasteiger partial charge is 0.465 e. The van der Waals surface area contributed by atoms with Gasteiger partial charge < -0.3 is 9.47 Å². The highest BCUT2D eigenvalue weighted by molar-refractivity contribution is 5.94. The average Bonchev–Trinajstić information content (AvgIpc) is 2.35. The number of rotatable bonds is 9. The van der Waals surface area contributed by atoms with Crippen LogP contribution in [0, 0.1) is 5.89 Å². The SMILES string of the molecule is [2H]C(CCCCCC)(C(=O)OCC)C(=O)OCC. The predicted molar refractivity (Wildman–Crippen MR) is 65.5 cm³/mol. The zero-order valence-electron chi connectivity index (χ0n) is 12.1. The topological polar surface area (TPSA) is 52.6 Å². The second-order valence-electron chi connectivity index (χ2n) is 3.73. The van der Waals surface area contributed by atoms with Crippen molar-refractivity contribution in [2.24, 2.45) is 5.89 Å². The third kappa shape index (κ3) is 6.97. The molecule has 0 heterocycles. The molecule has 0 unspecified atom stereocenters. The second-order valence-corrected chi connectivity index (χ2v) is 3.73. The summed E-state index contributed by atoms with van der Waals surface area (Å²) >= 11 is 0. The first kappa shape index (κ1) is 14.0. The molecule has 0 spiro atoms. The Bertz CT molecular complexity index is 248. The number of carbonyl (C=O) groups excluding carboxylic acids is 2. The number of unbranched alkanes of at least 4 members (excludes halogenated alkanes) is 3. The monoisotopic (exact) mass is 245 g/mol. The van der Waals surface area contributed by atoms with E-state index in [2.05, 4.69) is 6.92 Å². The maximum absolute atomic E-state index is 11.7. The van der Waals surface area contributed by atoms with Crippen molar-refractivity contribution in [3.63, 3.8) is 0 Å². The Labute approximate surface area is 105 Å². The molecule has 0 amide bonds. The highest BCUT2D eigenvalue weighted by atomic mass is 16.6. The Balaban J connectivity index is 4.58. The maximum Gasteiger partial charge on any atom is 0.320 e. The van der Waals surface area contributed by atoms with Gasteiger partial charge in [-0.05, 0) is 20.3 Å². The molecule has 17 heavy (non-hydrogen) atoms. The highest BCUT2D eigenvalue weighted by Gasteiger charge is 2.28. The standard InChI is InChI=1S/C13H24O4/c1-4-7-8-9-10-11(12(14)16-5-2)13(15)17-6-3/h11H,4-10H2,1-3H3/i11D. The minimum atomic E-state index is -1.90. The molecule has 0 aliphatic rings. The van der Waals surface area contributed by atoms with Crippen LogP contribution in [0.25, 0.3) is 0 Å². The summed E-state index contributed by atoms with van der Waals surface area (Å²) < 4.78 is 17.6. The molecule has 0 aliphatic heterocycles. The minimum Gasteiger partial charge on any atom is -0.465 e.